The summed E-state index contributed by atoms with van der Waals surface area (Å²) >= 11 is -0.635. The summed E-state index contributed by atoms with van der Waals surface area (Å²) in [6, 6.07) is 11.4. The monoisotopic (exact) mass is 433 g/mol. The van der Waals surface area contributed by atoms with Gasteiger partial charge >= 0.3 is 160 Å². The standard InChI is InChI=1S/C13H27.C9H8N.Sn/c1-4-7-10-13(11-8-5-2)12-9-6-3;1-10-7-6-8-4-2-3-5-9(8)10;/h4-12H2,1-3H3;2-6H,1H3;. The Bertz CT molecular complexity index is 592. The summed E-state index contributed by atoms with van der Waals surface area (Å²) in [5.74, 6) is 0. The van der Waals surface area contributed by atoms with Gasteiger partial charge in [0.05, 0.1) is 0 Å². The van der Waals surface area contributed by atoms with Crippen LogP contribution in [0.4, 0.5) is 0 Å². The SMILES string of the molecule is CCCC[C](CCCC)(CCCC)[Sn][c]1cc2ccccc2n1C. The van der Waals surface area contributed by atoms with Gasteiger partial charge in [-0.1, -0.05) is 0 Å². The van der Waals surface area contributed by atoms with E-state index in [1.54, 1.807) is 3.71 Å². The molecule has 1 heterocycles. The first kappa shape index (κ1) is 19.9. The molecule has 0 atom stereocenters. The van der Waals surface area contributed by atoms with Crippen molar-refractivity contribution in [2.24, 2.45) is 7.05 Å². The molecule has 2 radical (unpaired) electrons. The van der Waals surface area contributed by atoms with Crippen molar-refractivity contribution in [3.63, 3.8) is 0 Å². The normalized spacial score (nSPS) is 12.2. The average Bonchev–Trinajstić information content (AvgIpc) is 2.92. The van der Waals surface area contributed by atoms with E-state index in [-0.39, 0.29) is 0 Å². The molecular formula is C22H35NSn. The molecule has 0 amide bonds. The van der Waals surface area contributed by atoms with Crippen molar-refractivity contribution in [2.75, 3.05) is 0 Å². The number of para-hydroxylation sites is 1. The summed E-state index contributed by atoms with van der Waals surface area (Å²) in [4.78, 5) is 0. The molecule has 2 aromatic rings. The van der Waals surface area contributed by atoms with E-state index in [1.165, 1.54) is 68.7 Å². The second-order valence-corrected chi connectivity index (χ2v) is 12.6. The van der Waals surface area contributed by atoms with Gasteiger partial charge < -0.3 is 0 Å². The van der Waals surface area contributed by atoms with E-state index in [9.17, 15) is 0 Å². The topological polar surface area (TPSA) is 4.93 Å². The summed E-state index contributed by atoms with van der Waals surface area (Å²) in [7, 11) is 2.29. The number of benzene rings is 1. The molecule has 0 fully saturated rings. The average molecular weight is 432 g/mol. The number of aryl methyl sites for hydroxylation is 1. The van der Waals surface area contributed by atoms with Gasteiger partial charge in [-0.3, -0.25) is 0 Å². The molecule has 1 aromatic carbocycles. The van der Waals surface area contributed by atoms with Gasteiger partial charge in [-0.15, -0.1) is 0 Å². The van der Waals surface area contributed by atoms with Crippen molar-refractivity contribution < 1.29 is 0 Å². The van der Waals surface area contributed by atoms with Crippen LogP contribution in [-0.2, 0) is 7.05 Å². The molecule has 2 rings (SSSR count). The molecule has 1 aromatic heterocycles. The molecule has 24 heavy (non-hydrogen) atoms. The number of unbranched alkanes of at least 4 members (excludes halogenated alkanes) is 3. The van der Waals surface area contributed by atoms with Gasteiger partial charge in [-0.2, -0.15) is 0 Å². The molecule has 0 saturated carbocycles. The molecule has 0 unspecified atom stereocenters. The maximum absolute atomic E-state index is 2.51. The van der Waals surface area contributed by atoms with Crippen molar-refractivity contribution in [3.8, 4) is 0 Å². The van der Waals surface area contributed by atoms with Crippen molar-refractivity contribution in [2.45, 2.75) is 82.0 Å². The van der Waals surface area contributed by atoms with Gasteiger partial charge in [0.1, 0.15) is 0 Å². The Kier molecular flexibility index (Phi) is 8.19. The molecule has 0 aliphatic carbocycles. The van der Waals surface area contributed by atoms with Crippen LogP contribution in [0.25, 0.3) is 10.9 Å². The van der Waals surface area contributed by atoms with Crippen LogP contribution in [0, 0.1) is 0 Å². The van der Waals surface area contributed by atoms with Crippen molar-refractivity contribution >= 4 is 35.8 Å². The Labute approximate surface area is 159 Å². The fourth-order valence-electron chi connectivity index (χ4n) is 3.79. The molecule has 0 bridgehead atoms. The maximum atomic E-state index is 2.51. The van der Waals surface area contributed by atoms with Crippen LogP contribution in [0.5, 0.6) is 0 Å². The quantitative estimate of drug-likeness (QED) is 0.371. The van der Waals surface area contributed by atoms with Crippen LogP contribution in [-0.4, -0.2) is 25.7 Å². The molecule has 2 heteroatoms. The number of rotatable bonds is 11. The summed E-state index contributed by atoms with van der Waals surface area (Å²) in [6.07, 6.45) is 12.7. The van der Waals surface area contributed by atoms with Crippen LogP contribution in [0.2, 0.25) is 3.43 Å². The Morgan fingerprint density at radius 1 is 0.875 bits per heavy atom. The Morgan fingerprint density at radius 3 is 1.92 bits per heavy atom. The van der Waals surface area contributed by atoms with Gasteiger partial charge in [0.2, 0.25) is 0 Å². The number of aromatic nitrogens is 1. The Morgan fingerprint density at radius 2 is 1.42 bits per heavy atom. The minimum atomic E-state index is -0.635. The molecule has 0 spiro atoms. The van der Waals surface area contributed by atoms with Crippen LogP contribution in [0.15, 0.2) is 30.3 Å². The Hall–Kier alpha value is -0.441. The predicted molar refractivity (Wildman–Crippen MR) is 110 cm³/mol. The fourth-order valence-corrected chi connectivity index (χ4v) is 9.40. The van der Waals surface area contributed by atoms with E-state index in [2.05, 4.69) is 62.7 Å². The van der Waals surface area contributed by atoms with Gasteiger partial charge in [0, 0.05) is 0 Å². The van der Waals surface area contributed by atoms with Gasteiger partial charge in [-0.05, 0) is 0 Å². The third-order valence-corrected chi connectivity index (χ3v) is 11.1. The van der Waals surface area contributed by atoms with Gasteiger partial charge in [-0.25, -0.2) is 0 Å². The van der Waals surface area contributed by atoms with Crippen molar-refractivity contribution in [3.05, 3.63) is 30.3 Å². The molecular weight excluding hydrogens is 397 g/mol. The third kappa shape index (κ3) is 5.03. The number of hydrogen-bond donors (Lipinski definition) is 0. The van der Waals surface area contributed by atoms with Crippen LogP contribution >= 0.6 is 0 Å². The zero-order chi connectivity index (χ0) is 17.4. The molecule has 0 N–H and O–H groups in total. The number of fused-ring (bicyclic) bond motifs is 1. The van der Waals surface area contributed by atoms with E-state index >= 15 is 0 Å². The summed E-state index contributed by atoms with van der Waals surface area (Å²) in [6.45, 7) is 7.06. The molecule has 0 aliphatic heterocycles. The van der Waals surface area contributed by atoms with Crippen molar-refractivity contribution in [1.29, 1.82) is 0 Å². The summed E-state index contributed by atoms with van der Waals surface area (Å²) in [5.41, 5.74) is 1.42. The first-order chi connectivity index (χ1) is 11.7. The van der Waals surface area contributed by atoms with Crippen LogP contribution in [0.3, 0.4) is 0 Å². The number of hydrogen-bond acceptors (Lipinski definition) is 0. The number of nitrogens with zero attached hydrogens (tertiary/aromatic N) is 1. The second kappa shape index (κ2) is 9.89. The molecule has 0 saturated heterocycles. The minimum absolute atomic E-state index is 0.635. The Balaban J connectivity index is 2.30. The van der Waals surface area contributed by atoms with Crippen LogP contribution in [0.1, 0.15) is 78.6 Å². The van der Waals surface area contributed by atoms with E-state index in [1.807, 2.05) is 0 Å². The second-order valence-electron chi connectivity index (χ2n) is 7.36. The third-order valence-electron chi connectivity index (χ3n) is 5.37. The zero-order valence-corrected chi connectivity index (χ0v) is 19.1. The fraction of sp³-hybridized carbons (Fsp3) is 0.636. The van der Waals surface area contributed by atoms with Gasteiger partial charge in [0.15, 0.2) is 0 Å². The van der Waals surface area contributed by atoms with E-state index in [0.29, 0.717) is 3.43 Å². The van der Waals surface area contributed by atoms with Gasteiger partial charge in [0.25, 0.3) is 0 Å². The summed E-state index contributed by atoms with van der Waals surface area (Å²) < 4.78 is 4.89. The van der Waals surface area contributed by atoms with Crippen LogP contribution < -0.4 is 3.71 Å². The molecule has 0 aliphatic rings. The first-order valence-electron chi connectivity index (χ1n) is 9.98. The zero-order valence-electron chi connectivity index (χ0n) is 16.2. The van der Waals surface area contributed by atoms with E-state index in [4.69, 9.17) is 0 Å². The van der Waals surface area contributed by atoms with E-state index in [0.717, 1.165) is 0 Å². The predicted octanol–water partition coefficient (Wildman–Crippen LogP) is 6.24. The van der Waals surface area contributed by atoms with Crippen molar-refractivity contribution in [1.82, 2.24) is 4.57 Å². The molecule has 1 nitrogen and oxygen atoms in total. The summed E-state index contributed by atoms with van der Waals surface area (Å²) in [5, 5.41) is 1.44. The van der Waals surface area contributed by atoms with E-state index < -0.39 is 21.1 Å². The molecule has 132 valence electrons. The first-order valence-corrected chi connectivity index (χ1v) is 12.8.